The minimum atomic E-state index is -0.483. The number of nitrogens with one attached hydrogen (secondary N) is 2. The zero-order valence-electron chi connectivity index (χ0n) is 17.8. The summed E-state index contributed by atoms with van der Waals surface area (Å²) in [5.74, 6) is 0.471. The van der Waals surface area contributed by atoms with E-state index in [1.807, 2.05) is 6.07 Å². The predicted molar refractivity (Wildman–Crippen MR) is 120 cm³/mol. The van der Waals surface area contributed by atoms with Crippen molar-refractivity contribution in [1.82, 2.24) is 15.3 Å². The molecule has 1 fully saturated rings. The minimum Gasteiger partial charge on any atom is -0.508 e. The second-order valence-electron chi connectivity index (χ2n) is 7.74. The average Bonchev–Trinajstić information content (AvgIpc) is 3.32. The number of hydrogen-bond acceptors (Lipinski definition) is 6. The topological polar surface area (TPSA) is 114 Å². The van der Waals surface area contributed by atoms with Crippen LogP contribution < -0.4 is 15.7 Å². The minimum absolute atomic E-state index is 0.0797. The number of amides is 1. The normalized spacial score (nSPS) is 15.5. The number of rotatable bonds is 7. The molecule has 1 aromatic heterocycles. The van der Waals surface area contributed by atoms with Gasteiger partial charge in [-0.15, -0.1) is 0 Å². The van der Waals surface area contributed by atoms with Gasteiger partial charge < -0.3 is 24.9 Å². The van der Waals surface area contributed by atoms with Crippen LogP contribution in [0, 0.1) is 6.92 Å². The molecule has 8 heteroatoms. The third kappa shape index (κ3) is 5.33. The highest BCUT2D eigenvalue weighted by Gasteiger charge is 2.16. The van der Waals surface area contributed by atoms with Crippen molar-refractivity contribution in [3.05, 3.63) is 64.6 Å². The summed E-state index contributed by atoms with van der Waals surface area (Å²) in [7, 11) is 0. The molecule has 8 nitrogen and oxygen atoms in total. The number of hydrogen-bond donors (Lipinski definition) is 3. The van der Waals surface area contributed by atoms with Crippen molar-refractivity contribution >= 4 is 5.91 Å². The molecule has 166 valence electrons. The van der Waals surface area contributed by atoms with E-state index in [1.54, 1.807) is 49.4 Å². The molecule has 1 amide bonds. The summed E-state index contributed by atoms with van der Waals surface area (Å²) in [5, 5.41) is 12.6. The van der Waals surface area contributed by atoms with E-state index in [1.165, 1.54) is 0 Å². The van der Waals surface area contributed by atoms with E-state index in [4.69, 9.17) is 9.47 Å². The fraction of sp³-hybridized carbons (Fsp3) is 0.292. The van der Waals surface area contributed by atoms with Crippen LogP contribution in [-0.2, 0) is 9.53 Å². The van der Waals surface area contributed by atoms with Gasteiger partial charge in [-0.25, -0.2) is 4.79 Å². The molecule has 1 unspecified atom stereocenters. The van der Waals surface area contributed by atoms with Gasteiger partial charge in [0.1, 0.15) is 11.5 Å². The summed E-state index contributed by atoms with van der Waals surface area (Å²) in [4.78, 5) is 31.0. The Balaban J connectivity index is 1.46. The number of phenols is 1. The van der Waals surface area contributed by atoms with Gasteiger partial charge in [0.25, 0.3) is 5.91 Å². The molecule has 0 saturated carbocycles. The molecule has 0 bridgehead atoms. The van der Waals surface area contributed by atoms with Crippen LogP contribution in [0.1, 0.15) is 18.4 Å². The molecule has 0 spiro atoms. The number of phenolic OH excluding ortho intramolecular Hbond substituents is 1. The predicted octanol–water partition coefficient (Wildman–Crippen LogP) is 2.79. The van der Waals surface area contributed by atoms with Gasteiger partial charge in [0.2, 0.25) is 0 Å². The van der Waals surface area contributed by atoms with Gasteiger partial charge >= 0.3 is 5.69 Å². The van der Waals surface area contributed by atoms with Crippen molar-refractivity contribution in [3.8, 4) is 34.0 Å². The Morgan fingerprint density at radius 1 is 1.25 bits per heavy atom. The van der Waals surface area contributed by atoms with E-state index < -0.39 is 5.69 Å². The summed E-state index contributed by atoms with van der Waals surface area (Å²) < 4.78 is 11.1. The second-order valence-corrected chi connectivity index (χ2v) is 7.74. The van der Waals surface area contributed by atoms with Crippen LogP contribution in [0.2, 0.25) is 0 Å². The highest BCUT2D eigenvalue weighted by Crippen LogP contribution is 2.27. The molecule has 1 saturated heterocycles. The Hall–Kier alpha value is -3.65. The third-order valence-electron chi connectivity index (χ3n) is 5.30. The Labute approximate surface area is 185 Å². The van der Waals surface area contributed by atoms with Gasteiger partial charge in [-0.1, -0.05) is 12.1 Å². The summed E-state index contributed by atoms with van der Waals surface area (Å²) in [6.45, 7) is 2.90. The fourth-order valence-corrected chi connectivity index (χ4v) is 3.56. The van der Waals surface area contributed by atoms with Gasteiger partial charge in [0.15, 0.2) is 6.61 Å². The van der Waals surface area contributed by atoms with Gasteiger partial charge in [0, 0.05) is 18.7 Å². The molecule has 3 aromatic rings. The van der Waals surface area contributed by atoms with Gasteiger partial charge in [-0.2, -0.15) is 4.98 Å². The van der Waals surface area contributed by atoms with Crippen molar-refractivity contribution in [2.24, 2.45) is 0 Å². The van der Waals surface area contributed by atoms with Crippen LogP contribution in [0.25, 0.3) is 22.5 Å². The van der Waals surface area contributed by atoms with Crippen LogP contribution in [0.4, 0.5) is 0 Å². The molecule has 0 aliphatic carbocycles. The van der Waals surface area contributed by atoms with Crippen molar-refractivity contribution in [2.75, 3.05) is 19.8 Å². The highest BCUT2D eigenvalue weighted by molar-refractivity contribution is 5.77. The summed E-state index contributed by atoms with van der Waals surface area (Å²) in [6, 6.07) is 13.9. The molecule has 1 atom stereocenters. The number of aryl methyl sites for hydroxylation is 1. The highest BCUT2D eigenvalue weighted by atomic mass is 16.5. The number of benzene rings is 2. The van der Waals surface area contributed by atoms with E-state index >= 15 is 0 Å². The molecule has 3 N–H and O–H groups in total. The van der Waals surface area contributed by atoms with Crippen LogP contribution in [0.15, 0.2) is 53.3 Å². The first-order valence-electron chi connectivity index (χ1n) is 10.5. The molecular weight excluding hydrogens is 410 g/mol. The van der Waals surface area contributed by atoms with Gasteiger partial charge in [-0.3, -0.25) is 4.79 Å². The Morgan fingerprint density at radius 2 is 2.12 bits per heavy atom. The van der Waals surface area contributed by atoms with E-state index in [0.29, 0.717) is 34.8 Å². The SMILES string of the molecule is Cc1cc(-c2cc(-c3cccc(OCC(=O)NCC4CCCO4)c3)nc(=O)[nH]2)ccc1O. The second kappa shape index (κ2) is 9.65. The summed E-state index contributed by atoms with van der Waals surface area (Å²) in [5.41, 5.74) is 2.73. The molecule has 2 aromatic carbocycles. The van der Waals surface area contributed by atoms with E-state index in [0.717, 1.165) is 25.0 Å². The van der Waals surface area contributed by atoms with Crippen molar-refractivity contribution < 1.29 is 19.4 Å². The average molecular weight is 435 g/mol. The number of carbonyl (C=O) groups excluding carboxylic acids is 1. The smallest absolute Gasteiger partial charge is 0.345 e. The lowest BCUT2D eigenvalue weighted by Gasteiger charge is -2.12. The monoisotopic (exact) mass is 435 g/mol. The first-order chi connectivity index (χ1) is 15.5. The van der Waals surface area contributed by atoms with E-state index in [9.17, 15) is 14.7 Å². The quantitative estimate of drug-likeness (QED) is 0.526. The molecule has 0 radical (unpaired) electrons. The molecule has 4 rings (SSSR count). The number of aromatic amines is 1. The lowest BCUT2D eigenvalue weighted by molar-refractivity contribution is -0.123. The van der Waals surface area contributed by atoms with Crippen molar-refractivity contribution in [2.45, 2.75) is 25.9 Å². The van der Waals surface area contributed by atoms with Gasteiger partial charge in [0.05, 0.1) is 17.5 Å². The third-order valence-corrected chi connectivity index (χ3v) is 5.30. The fourth-order valence-electron chi connectivity index (χ4n) is 3.56. The van der Waals surface area contributed by atoms with Crippen molar-refractivity contribution in [3.63, 3.8) is 0 Å². The number of aromatic hydroxyl groups is 1. The maximum Gasteiger partial charge on any atom is 0.345 e. The zero-order chi connectivity index (χ0) is 22.5. The molecule has 1 aliphatic rings. The number of ether oxygens (including phenoxy) is 2. The lowest BCUT2D eigenvalue weighted by Crippen LogP contribution is -2.35. The zero-order valence-corrected chi connectivity index (χ0v) is 17.8. The first kappa shape index (κ1) is 21.6. The maximum atomic E-state index is 12.2. The number of H-pyrrole nitrogens is 1. The van der Waals surface area contributed by atoms with Gasteiger partial charge in [-0.05, 0) is 67.3 Å². The van der Waals surface area contributed by atoms with Crippen LogP contribution >= 0.6 is 0 Å². The Morgan fingerprint density at radius 3 is 2.91 bits per heavy atom. The Kier molecular flexibility index (Phi) is 6.51. The van der Waals surface area contributed by atoms with Crippen LogP contribution in [0.5, 0.6) is 11.5 Å². The molecule has 2 heterocycles. The summed E-state index contributed by atoms with van der Waals surface area (Å²) in [6.07, 6.45) is 2.06. The maximum absolute atomic E-state index is 12.2. The standard InChI is InChI=1S/C24H25N3O5/c1-15-10-17(7-8-22(15)28)21-12-20(26-24(30)27-21)16-4-2-5-18(11-16)32-14-23(29)25-13-19-6-3-9-31-19/h2,4-5,7-8,10-12,19,28H,3,6,9,13-14H2,1H3,(H,25,29)(H,26,27,30). The molecule has 1 aliphatic heterocycles. The number of aromatic nitrogens is 2. The summed E-state index contributed by atoms with van der Waals surface area (Å²) >= 11 is 0. The lowest BCUT2D eigenvalue weighted by atomic mass is 10.1. The van der Waals surface area contributed by atoms with Crippen molar-refractivity contribution in [1.29, 1.82) is 0 Å². The number of nitrogens with zero attached hydrogens (tertiary/aromatic N) is 1. The van der Waals surface area contributed by atoms with E-state index in [-0.39, 0.29) is 24.4 Å². The Bertz CT molecular complexity index is 1170. The van der Waals surface area contributed by atoms with Crippen LogP contribution in [0.3, 0.4) is 0 Å². The largest absolute Gasteiger partial charge is 0.508 e. The number of carbonyl (C=O) groups is 1. The molecule has 32 heavy (non-hydrogen) atoms. The molecular formula is C24H25N3O5. The first-order valence-corrected chi connectivity index (χ1v) is 10.5. The van der Waals surface area contributed by atoms with E-state index in [2.05, 4.69) is 15.3 Å². The van der Waals surface area contributed by atoms with Crippen LogP contribution in [-0.4, -0.2) is 46.8 Å².